The monoisotopic (exact) mass is 386 g/mol. The third-order valence-electron chi connectivity index (χ3n) is 4.40. The van der Waals surface area contributed by atoms with Crippen molar-refractivity contribution in [3.63, 3.8) is 0 Å². The highest BCUT2D eigenvalue weighted by Gasteiger charge is 2.34. The van der Waals surface area contributed by atoms with Gasteiger partial charge >= 0.3 is 0 Å². The first-order valence-corrected chi connectivity index (χ1v) is 9.39. The molecule has 27 heavy (non-hydrogen) atoms. The summed E-state index contributed by atoms with van der Waals surface area (Å²) in [7, 11) is 0. The first kappa shape index (κ1) is 19.2. The van der Waals surface area contributed by atoms with Gasteiger partial charge in [-0.25, -0.2) is 0 Å². The first-order valence-electron chi connectivity index (χ1n) is 9.01. The zero-order chi connectivity index (χ0) is 19.4. The van der Waals surface area contributed by atoms with E-state index in [-0.39, 0.29) is 30.3 Å². The Morgan fingerprint density at radius 2 is 1.85 bits per heavy atom. The Kier molecular flexibility index (Phi) is 6.01. The maximum absolute atomic E-state index is 12.5. The Morgan fingerprint density at radius 1 is 1.19 bits per heavy atom. The second-order valence-corrected chi connectivity index (χ2v) is 7.35. The van der Waals surface area contributed by atoms with Gasteiger partial charge in [0.05, 0.1) is 12.0 Å². The second kappa shape index (κ2) is 8.44. The molecule has 1 fully saturated rings. The molecular formula is C21H23ClN2O3. The third kappa shape index (κ3) is 5.01. The maximum Gasteiger partial charge on any atom is 0.227 e. The summed E-state index contributed by atoms with van der Waals surface area (Å²) in [4.78, 5) is 26.4. The van der Waals surface area contributed by atoms with Gasteiger partial charge in [0.2, 0.25) is 11.8 Å². The molecule has 0 aromatic heterocycles. The molecule has 0 unspecified atom stereocenters. The number of anilines is 1. The zero-order valence-electron chi connectivity index (χ0n) is 15.4. The van der Waals surface area contributed by atoms with Crippen LogP contribution in [0.3, 0.4) is 0 Å². The van der Waals surface area contributed by atoms with E-state index in [1.165, 1.54) is 0 Å². The number of halogens is 1. The molecule has 1 N–H and O–H groups in total. The van der Waals surface area contributed by atoms with Gasteiger partial charge in [-0.05, 0) is 55.8 Å². The quantitative estimate of drug-likeness (QED) is 0.821. The predicted molar refractivity (Wildman–Crippen MR) is 106 cm³/mol. The Labute approximate surface area is 164 Å². The molecule has 0 bridgehead atoms. The highest BCUT2D eigenvalue weighted by atomic mass is 35.5. The number of carbonyl (C=O) groups excluding carboxylic acids is 2. The highest BCUT2D eigenvalue weighted by molar-refractivity contribution is 6.30. The van der Waals surface area contributed by atoms with Crippen LogP contribution in [0.2, 0.25) is 5.02 Å². The molecule has 5 nitrogen and oxygen atoms in total. The van der Waals surface area contributed by atoms with Crippen molar-refractivity contribution in [3.05, 3.63) is 59.1 Å². The van der Waals surface area contributed by atoms with Crippen LogP contribution in [-0.4, -0.2) is 24.5 Å². The normalized spacial score (nSPS) is 16.7. The minimum atomic E-state index is -0.350. The van der Waals surface area contributed by atoms with Gasteiger partial charge in [0.15, 0.2) is 0 Å². The SMILES string of the molecule is CC(C)Oc1ccc(CNC(=O)[C@@H]2CC(=O)N(c3ccc(Cl)cc3)C2)cc1. The van der Waals surface area contributed by atoms with Crippen molar-refractivity contribution in [1.29, 1.82) is 0 Å². The summed E-state index contributed by atoms with van der Waals surface area (Å²) in [5.41, 5.74) is 1.75. The van der Waals surface area contributed by atoms with E-state index in [2.05, 4.69) is 5.32 Å². The van der Waals surface area contributed by atoms with E-state index >= 15 is 0 Å². The molecule has 0 saturated carbocycles. The van der Waals surface area contributed by atoms with E-state index in [4.69, 9.17) is 16.3 Å². The molecule has 1 aliphatic rings. The lowest BCUT2D eigenvalue weighted by Gasteiger charge is -2.17. The van der Waals surface area contributed by atoms with E-state index in [1.807, 2.05) is 38.1 Å². The fourth-order valence-corrected chi connectivity index (χ4v) is 3.17. The lowest BCUT2D eigenvalue weighted by atomic mass is 10.1. The fourth-order valence-electron chi connectivity index (χ4n) is 3.05. The van der Waals surface area contributed by atoms with E-state index < -0.39 is 0 Å². The van der Waals surface area contributed by atoms with Crippen molar-refractivity contribution in [3.8, 4) is 5.75 Å². The van der Waals surface area contributed by atoms with E-state index in [1.54, 1.807) is 29.2 Å². The van der Waals surface area contributed by atoms with Crippen molar-refractivity contribution in [1.82, 2.24) is 5.32 Å². The third-order valence-corrected chi connectivity index (χ3v) is 4.65. The Morgan fingerprint density at radius 3 is 2.48 bits per heavy atom. The van der Waals surface area contributed by atoms with Crippen LogP contribution in [-0.2, 0) is 16.1 Å². The number of nitrogens with one attached hydrogen (secondary N) is 1. The summed E-state index contributed by atoms with van der Waals surface area (Å²) < 4.78 is 5.61. The van der Waals surface area contributed by atoms with E-state index in [9.17, 15) is 9.59 Å². The van der Waals surface area contributed by atoms with Crippen LogP contribution in [0.25, 0.3) is 0 Å². The molecule has 1 aliphatic heterocycles. The Bertz CT molecular complexity index is 803. The average Bonchev–Trinajstić information content (AvgIpc) is 3.03. The summed E-state index contributed by atoms with van der Waals surface area (Å²) in [5.74, 6) is 0.298. The minimum Gasteiger partial charge on any atom is -0.491 e. The van der Waals surface area contributed by atoms with Gasteiger partial charge in [-0.1, -0.05) is 23.7 Å². The number of ether oxygens (including phenoxy) is 1. The van der Waals surface area contributed by atoms with Crippen LogP contribution in [0.4, 0.5) is 5.69 Å². The molecule has 1 heterocycles. The van der Waals surface area contributed by atoms with Crippen LogP contribution in [0.5, 0.6) is 5.75 Å². The molecule has 0 radical (unpaired) electrons. The van der Waals surface area contributed by atoms with Crippen molar-refractivity contribution in [2.24, 2.45) is 5.92 Å². The van der Waals surface area contributed by atoms with Crippen molar-refractivity contribution >= 4 is 29.1 Å². The number of amides is 2. The molecule has 3 rings (SSSR count). The van der Waals surface area contributed by atoms with Gasteiger partial charge in [-0.2, -0.15) is 0 Å². The number of nitrogens with zero attached hydrogens (tertiary/aromatic N) is 1. The number of hydrogen-bond donors (Lipinski definition) is 1. The number of benzene rings is 2. The summed E-state index contributed by atoms with van der Waals surface area (Å²) in [6, 6.07) is 14.7. The van der Waals surface area contributed by atoms with Crippen LogP contribution < -0.4 is 15.0 Å². The standard InChI is InChI=1S/C21H23ClN2O3/c1-14(2)27-19-9-3-15(4-10-19)12-23-21(26)16-11-20(25)24(13-16)18-7-5-17(22)6-8-18/h3-10,14,16H,11-13H2,1-2H3,(H,23,26)/t16-/m1/s1. The van der Waals surface area contributed by atoms with Crippen LogP contribution >= 0.6 is 11.6 Å². The first-order chi connectivity index (χ1) is 12.9. The van der Waals surface area contributed by atoms with Crippen LogP contribution in [0.15, 0.2) is 48.5 Å². The van der Waals surface area contributed by atoms with E-state index in [0.29, 0.717) is 18.1 Å². The van der Waals surface area contributed by atoms with Crippen molar-refractivity contribution in [2.45, 2.75) is 32.9 Å². The highest BCUT2D eigenvalue weighted by Crippen LogP contribution is 2.26. The molecule has 2 aromatic rings. The summed E-state index contributed by atoms with van der Waals surface area (Å²) >= 11 is 5.89. The van der Waals surface area contributed by atoms with Crippen LogP contribution in [0, 0.1) is 5.92 Å². The van der Waals surface area contributed by atoms with Gasteiger partial charge in [-0.15, -0.1) is 0 Å². The van der Waals surface area contributed by atoms with Gasteiger partial charge in [0.1, 0.15) is 5.75 Å². The average molecular weight is 387 g/mol. The lowest BCUT2D eigenvalue weighted by molar-refractivity contribution is -0.126. The Balaban J connectivity index is 1.54. The molecule has 2 aromatic carbocycles. The topological polar surface area (TPSA) is 58.6 Å². The predicted octanol–water partition coefficient (Wildman–Crippen LogP) is 3.80. The molecule has 142 valence electrons. The smallest absolute Gasteiger partial charge is 0.227 e. The molecule has 1 saturated heterocycles. The fraction of sp³-hybridized carbons (Fsp3) is 0.333. The van der Waals surface area contributed by atoms with Gasteiger partial charge < -0.3 is 15.0 Å². The number of carbonyl (C=O) groups is 2. The summed E-state index contributed by atoms with van der Waals surface area (Å²) in [6.07, 6.45) is 0.342. The second-order valence-electron chi connectivity index (χ2n) is 6.91. The Hall–Kier alpha value is -2.53. The summed E-state index contributed by atoms with van der Waals surface area (Å²) in [5, 5.41) is 3.54. The van der Waals surface area contributed by atoms with Crippen molar-refractivity contribution in [2.75, 3.05) is 11.4 Å². The molecule has 1 atom stereocenters. The minimum absolute atomic E-state index is 0.0485. The number of hydrogen-bond acceptors (Lipinski definition) is 3. The van der Waals surface area contributed by atoms with Gasteiger partial charge in [0, 0.05) is 30.2 Å². The molecule has 0 spiro atoms. The largest absolute Gasteiger partial charge is 0.491 e. The molecule has 6 heteroatoms. The van der Waals surface area contributed by atoms with Crippen molar-refractivity contribution < 1.29 is 14.3 Å². The maximum atomic E-state index is 12.5. The van der Waals surface area contributed by atoms with Crippen LogP contribution in [0.1, 0.15) is 25.8 Å². The molecule has 0 aliphatic carbocycles. The lowest BCUT2D eigenvalue weighted by Crippen LogP contribution is -2.32. The molecular weight excluding hydrogens is 364 g/mol. The van der Waals surface area contributed by atoms with Gasteiger partial charge in [-0.3, -0.25) is 9.59 Å². The van der Waals surface area contributed by atoms with Gasteiger partial charge in [0.25, 0.3) is 0 Å². The molecule has 2 amide bonds. The summed E-state index contributed by atoms with van der Waals surface area (Å²) in [6.45, 7) is 4.76. The zero-order valence-corrected chi connectivity index (χ0v) is 16.2. The van der Waals surface area contributed by atoms with E-state index in [0.717, 1.165) is 17.0 Å². The number of rotatable bonds is 6.